The number of hydrogen-bond acceptors (Lipinski definition) is 3. The number of nitrogens with two attached hydrogens (primary N) is 1. The summed E-state index contributed by atoms with van der Waals surface area (Å²) >= 11 is 3.74. The second kappa shape index (κ2) is 7.64. The van der Waals surface area contributed by atoms with Gasteiger partial charge in [0.1, 0.15) is 0 Å². The van der Waals surface area contributed by atoms with Crippen LogP contribution in [0.25, 0.3) is 0 Å². The highest BCUT2D eigenvalue weighted by Gasteiger charge is 2.27. The maximum Gasteiger partial charge on any atom is 0.0610 e. The first-order valence-corrected chi connectivity index (χ1v) is 7.41. The van der Waals surface area contributed by atoms with Gasteiger partial charge in [0.25, 0.3) is 0 Å². The van der Waals surface area contributed by atoms with Gasteiger partial charge in [-0.3, -0.25) is 5.32 Å². The molecule has 0 aromatic carbocycles. The molecule has 4 N–H and O–H groups in total. The van der Waals surface area contributed by atoms with Crippen LogP contribution >= 0.6 is 15.9 Å². The molecule has 3 nitrogen and oxygen atoms in total. The second-order valence-electron chi connectivity index (χ2n) is 4.85. The summed E-state index contributed by atoms with van der Waals surface area (Å²) in [5.41, 5.74) is 6.04. The Labute approximate surface area is 108 Å². The summed E-state index contributed by atoms with van der Waals surface area (Å²) < 4.78 is 0. The summed E-state index contributed by atoms with van der Waals surface area (Å²) in [6.45, 7) is 2.17. The molecular formula is C12H26BrN3. The molecule has 4 atom stereocenters. The third-order valence-electron chi connectivity index (χ3n) is 3.43. The molecule has 96 valence electrons. The van der Waals surface area contributed by atoms with E-state index in [1.54, 1.807) is 0 Å². The molecule has 0 aromatic heterocycles. The van der Waals surface area contributed by atoms with Crippen molar-refractivity contribution in [2.45, 2.75) is 62.6 Å². The lowest BCUT2D eigenvalue weighted by Crippen LogP contribution is -2.54. The zero-order valence-corrected chi connectivity index (χ0v) is 12.1. The number of alkyl halides is 1. The molecular weight excluding hydrogens is 266 g/mol. The highest BCUT2D eigenvalue weighted by Crippen LogP contribution is 2.30. The van der Waals surface area contributed by atoms with E-state index in [4.69, 9.17) is 5.73 Å². The second-order valence-corrected chi connectivity index (χ2v) is 6.15. The average Bonchev–Trinajstić information content (AvgIpc) is 2.26. The number of nitrogens with one attached hydrogen (secondary N) is 2. The van der Waals surface area contributed by atoms with Crippen LogP contribution in [0.2, 0.25) is 0 Å². The van der Waals surface area contributed by atoms with E-state index in [0.717, 1.165) is 12.8 Å². The Balaban J connectivity index is 2.39. The first-order valence-electron chi connectivity index (χ1n) is 6.50. The topological polar surface area (TPSA) is 50.1 Å². The summed E-state index contributed by atoms with van der Waals surface area (Å²) in [5, 5.41) is 6.87. The molecule has 0 spiro atoms. The molecule has 1 aliphatic carbocycles. The van der Waals surface area contributed by atoms with Crippen LogP contribution in [-0.4, -0.2) is 24.2 Å². The van der Waals surface area contributed by atoms with E-state index >= 15 is 0 Å². The van der Waals surface area contributed by atoms with Crippen LogP contribution in [0.4, 0.5) is 0 Å². The van der Waals surface area contributed by atoms with Crippen molar-refractivity contribution in [1.29, 1.82) is 0 Å². The summed E-state index contributed by atoms with van der Waals surface area (Å²) in [4.78, 5) is 0.686. The van der Waals surface area contributed by atoms with Gasteiger partial charge < -0.3 is 11.1 Å². The van der Waals surface area contributed by atoms with Crippen LogP contribution in [0, 0.1) is 5.92 Å². The highest BCUT2D eigenvalue weighted by atomic mass is 79.9. The van der Waals surface area contributed by atoms with Crippen LogP contribution in [0.1, 0.15) is 45.4 Å². The molecule has 1 fully saturated rings. The van der Waals surface area contributed by atoms with Crippen molar-refractivity contribution < 1.29 is 0 Å². The molecule has 4 unspecified atom stereocenters. The van der Waals surface area contributed by atoms with Crippen molar-refractivity contribution >= 4 is 15.9 Å². The van der Waals surface area contributed by atoms with Crippen molar-refractivity contribution in [3.05, 3.63) is 0 Å². The Morgan fingerprint density at radius 3 is 2.75 bits per heavy atom. The number of hydrogen-bond donors (Lipinski definition) is 3. The van der Waals surface area contributed by atoms with E-state index < -0.39 is 0 Å². The smallest absolute Gasteiger partial charge is 0.0610 e. The molecule has 0 bridgehead atoms. The minimum atomic E-state index is 0.123. The van der Waals surface area contributed by atoms with Crippen LogP contribution in [0.3, 0.4) is 0 Å². The molecule has 4 heteroatoms. The predicted octanol–water partition coefficient (Wildman–Crippen LogP) is 2.16. The van der Waals surface area contributed by atoms with E-state index in [1.807, 2.05) is 7.05 Å². The van der Waals surface area contributed by atoms with E-state index in [2.05, 4.69) is 33.5 Å². The standard InChI is InChI=1S/C12H26BrN3/c1-3-5-11(14)16-12(15-2)9-6-4-7-10(13)8-9/h9-12,15-16H,3-8,14H2,1-2H3. The molecule has 0 aromatic rings. The van der Waals surface area contributed by atoms with Gasteiger partial charge >= 0.3 is 0 Å². The van der Waals surface area contributed by atoms with Gasteiger partial charge in [0, 0.05) is 4.83 Å². The quantitative estimate of drug-likeness (QED) is 0.519. The van der Waals surface area contributed by atoms with Gasteiger partial charge in [-0.05, 0) is 38.6 Å². The van der Waals surface area contributed by atoms with Crippen molar-refractivity contribution in [1.82, 2.24) is 10.6 Å². The third kappa shape index (κ3) is 4.70. The normalized spacial score (nSPS) is 30.0. The molecule has 0 amide bonds. The molecule has 1 rings (SSSR count). The molecule has 16 heavy (non-hydrogen) atoms. The Morgan fingerprint density at radius 2 is 2.19 bits per heavy atom. The van der Waals surface area contributed by atoms with Crippen molar-refractivity contribution in [3.8, 4) is 0 Å². The van der Waals surface area contributed by atoms with Gasteiger partial charge in [0.05, 0.1) is 12.3 Å². The summed E-state index contributed by atoms with van der Waals surface area (Å²) in [5.74, 6) is 0.700. The number of halogens is 1. The van der Waals surface area contributed by atoms with Crippen molar-refractivity contribution in [2.75, 3.05) is 7.05 Å². The fourth-order valence-corrected chi connectivity index (χ4v) is 3.35. The van der Waals surface area contributed by atoms with Crippen molar-refractivity contribution in [3.63, 3.8) is 0 Å². The molecule has 0 aliphatic heterocycles. The maximum absolute atomic E-state index is 6.04. The van der Waals surface area contributed by atoms with Gasteiger partial charge in [-0.1, -0.05) is 35.7 Å². The largest absolute Gasteiger partial charge is 0.316 e. The van der Waals surface area contributed by atoms with E-state index in [1.165, 1.54) is 25.7 Å². The van der Waals surface area contributed by atoms with Gasteiger partial charge in [-0.2, -0.15) is 0 Å². The Hall–Kier alpha value is 0.360. The molecule has 0 heterocycles. The molecule has 0 saturated heterocycles. The lowest BCUT2D eigenvalue weighted by molar-refractivity contribution is 0.229. The van der Waals surface area contributed by atoms with Crippen LogP contribution in [0.5, 0.6) is 0 Å². The van der Waals surface area contributed by atoms with E-state index in [-0.39, 0.29) is 6.17 Å². The lowest BCUT2D eigenvalue weighted by atomic mass is 9.86. The van der Waals surface area contributed by atoms with E-state index in [9.17, 15) is 0 Å². The zero-order valence-electron chi connectivity index (χ0n) is 10.5. The van der Waals surface area contributed by atoms with Gasteiger partial charge in [0.2, 0.25) is 0 Å². The van der Waals surface area contributed by atoms with E-state index in [0.29, 0.717) is 16.9 Å². The van der Waals surface area contributed by atoms with Crippen LogP contribution in [0.15, 0.2) is 0 Å². The summed E-state index contributed by atoms with van der Waals surface area (Å²) in [6.07, 6.45) is 7.85. The first kappa shape index (κ1) is 14.4. The minimum absolute atomic E-state index is 0.123. The summed E-state index contributed by atoms with van der Waals surface area (Å²) in [6, 6.07) is 0. The van der Waals surface area contributed by atoms with Gasteiger partial charge in [0.15, 0.2) is 0 Å². The first-order chi connectivity index (χ1) is 7.67. The average molecular weight is 292 g/mol. The van der Waals surface area contributed by atoms with Gasteiger partial charge in [-0.25, -0.2) is 0 Å². The maximum atomic E-state index is 6.04. The molecule has 1 aliphatic rings. The fraction of sp³-hybridized carbons (Fsp3) is 1.00. The zero-order chi connectivity index (χ0) is 12.0. The predicted molar refractivity (Wildman–Crippen MR) is 73.5 cm³/mol. The highest BCUT2D eigenvalue weighted by molar-refractivity contribution is 9.09. The van der Waals surface area contributed by atoms with Gasteiger partial charge in [-0.15, -0.1) is 0 Å². The summed E-state index contributed by atoms with van der Waals surface area (Å²) in [7, 11) is 2.02. The SMILES string of the molecule is CCCC(N)NC(NC)C1CCCC(Br)C1. The number of rotatable bonds is 6. The third-order valence-corrected chi connectivity index (χ3v) is 4.26. The molecule has 0 radical (unpaired) electrons. The fourth-order valence-electron chi connectivity index (χ4n) is 2.55. The minimum Gasteiger partial charge on any atom is -0.316 e. The molecule has 1 saturated carbocycles. The van der Waals surface area contributed by atoms with Crippen LogP contribution in [-0.2, 0) is 0 Å². The van der Waals surface area contributed by atoms with Crippen molar-refractivity contribution in [2.24, 2.45) is 11.7 Å². The monoisotopic (exact) mass is 291 g/mol. The Morgan fingerprint density at radius 1 is 1.44 bits per heavy atom. The lowest BCUT2D eigenvalue weighted by Gasteiger charge is -2.34. The van der Waals surface area contributed by atoms with Crippen LogP contribution < -0.4 is 16.4 Å². The Kier molecular flexibility index (Phi) is 6.89. The Bertz CT molecular complexity index is 189.